The Morgan fingerprint density at radius 3 is 2.20 bits per heavy atom. The SMILES string of the molecule is CCc1ccc(C=CC=Cc2ccc(C)cc2C)cc1. The van der Waals surface area contributed by atoms with Crippen molar-refractivity contribution in [3.8, 4) is 0 Å². The molecule has 0 radical (unpaired) electrons. The fourth-order valence-electron chi connectivity index (χ4n) is 2.20. The van der Waals surface area contributed by atoms with Crippen molar-refractivity contribution in [2.45, 2.75) is 27.2 Å². The van der Waals surface area contributed by atoms with Gasteiger partial charge in [0.2, 0.25) is 0 Å². The number of benzene rings is 2. The van der Waals surface area contributed by atoms with Crippen molar-refractivity contribution in [1.82, 2.24) is 0 Å². The molecule has 0 saturated heterocycles. The number of hydrogen-bond acceptors (Lipinski definition) is 0. The fourth-order valence-corrected chi connectivity index (χ4v) is 2.20. The van der Waals surface area contributed by atoms with Crippen LogP contribution in [0.25, 0.3) is 12.2 Å². The monoisotopic (exact) mass is 262 g/mol. The Labute approximate surface area is 122 Å². The Balaban J connectivity index is 2.03. The predicted molar refractivity (Wildman–Crippen MR) is 89.8 cm³/mol. The van der Waals surface area contributed by atoms with Gasteiger partial charge >= 0.3 is 0 Å². The molecular weight excluding hydrogens is 240 g/mol. The van der Waals surface area contributed by atoms with Gasteiger partial charge in [-0.3, -0.25) is 0 Å². The molecule has 0 N–H and O–H groups in total. The first kappa shape index (κ1) is 14.3. The summed E-state index contributed by atoms with van der Waals surface area (Å²) in [5.41, 5.74) is 6.54. The summed E-state index contributed by atoms with van der Waals surface area (Å²) >= 11 is 0. The van der Waals surface area contributed by atoms with Crippen LogP contribution in [0.5, 0.6) is 0 Å². The molecule has 0 aromatic heterocycles. The molecule has 102 valence electrons. The quantitative estimate of drug-likeness (QED) is 0.630. The van der Waals surface area contributed by atoms with Crippen molar-refractivity contribution in [1.29, 1.82) is 0 Å². The van der Waals surface area contributed by atoms with Crippen molar-refractivity contribution >= 4 is 12.2 Å². The molecule has 0 aliphatic carbocycles. The molecular formula is C20H22. The second-order valence-electron chi connectivity index (χ2n) is 5.17. The van der Waals surface area contributed by atoms with E-state index in [2.05, 4.69) is 87.5 Å². The maximum absolute atomic E-state index is 2.22. The van der Waals surface area contributed by atoms with Crippen molar-refractivity contribution in [2.75, 3.05) is 0 Å². The molecule has 2 rings (SSSR count). The van der Waals surface area contributed by atoms with Crippen LogP contribution in [0.15, 0.2) is 54.6 Å². The lowest BCUT2D eigenvalue weighted by atomic mass is 10.1. The van der Waals surface area contributed by atoms with Crippen LogP contribution < -0.4 is 0 Å². The third-order valence-electron chi connectivity index (χ3n) is 3.49. The first-order chi connectivity index (χ1) is 9.69. The molecule has 0 atom stereocenters. The third kappa shape index (κ3) is 3.96. The lowest BCUT2D eigenvalue weighted by molar-refractivity contribution is 1.14. The van der Waals surface area contributed by atoms with Crippen LogP contribution in [0.4, 0.5) is 0 Å². The minimum atomic E-state index is 1.09. The summed E-state index contributed by atoms with van der Waals surface area (Å²) in [5.74, 6) is 0. The molecule has 0 amide bonds. The highest BCUT2D eigenvalue weighted by atomic mass is 14.0. The van der Waals surface area contributed by atoms with E-state index in [1.54, 1.807) is 0 Å². The maximum atomic E-state index is 2.22. The van der Waals surface area contributed by atoms with E-state index < -0.39 is 0 Å². The van der Waals surface area contributed by atoms with Crippen LogP contribution in [0.1, 0.15) is 34.7 Å². The summed E-state index contributed by atoms with van der Waals surface area (Å²) in [5, 5.41) is 0. The lowest BCUT2D eigenvalue weighted by Crippen LogP contribution is -1.81. The van der Waals surface area contributed by atoms with E-state index in [0.29, 0.717) is 0 Å². The first-order valence-electron chi connectivity index (χ1n) is 7.20. The van der Waals surface area contributed by atoms with Gasteiger partial charge in [0.05, 0.1) is 0 Å². The summed E-state index contributed by atoms with van der Waals surface area (Å²) in [7, 11) is 0. The van der Waals surface area contributed by atoms with Gasteiger partial charge in [-0.2, -0.15) is 0 Å². The van der Waals surface area contributed by atoms with Gasteiger partial charge in [0.25, 0.3) is 0 Å². The maximum Gasteiger partial charge on any atom is -0.0227 e. The van der Waals surface area contributed by atoms with Crippen LogP contribution in [-0.2, 0) is 6.42 Å². The molecule has 0 fully saturated rings. The van der Waals surface area contributed by atoms with E-state index >= 15 is 0 Å². The van der Waals surface area contributed by atoms with E-state index in [1.165, 1.54) is 27.8 Å². The number of allylic oxidation sites excluding steroid dienone is 2. The molecule has 2 aromatic rings. The second-order valence-corrected chi connectivity index (χ2v) is 5.17. The molecule has 0 heterocycles. The zero-order valence-corrected chi connectivity index (χ0v) is 12.6. The number of aryl methyl sites for hydroxylation is 3. The fraction of sp³-hybridized carbons (Fsp3) is 0.200. The van der Waals surface area contributed by atoms with E-state index in [1.807, 2.05) is 0 Å². The van der Waals surface area contributed by atoms with Gasteiger partial charge in [0.15, 0.2) is 0 Å². The zero-order valence-electron chi connectivity index (χ0n) is 12.6. The predicted octanol–water partition coefficient (Wildman–Crippen LogP) is 5.59. The van der Waals surface area contributed by atoms with E-state index in [-0.39, 0.29) is 0 Å². The average Bonchev–Trinajstić information content (AvgIpc) is 2.46. The molecule has 0 spiro atoms. The third-order valence-corrected chi connectivity index (χ3v) is 3.49. The van der Waals surface area contributed by atoms with Gasteiger partial charge in [-0.05, 0) is 42.5 Å². The van der Waals surface area contributed by atoms with Crippen molar-refractivity contribution < 1.29 is 0 Å². The van der Waals surface area contributed by atoms with Crippen LogP contribution in [-0.4, -0.2) is 0 Å². The van der Waals surface area contributed by atoms with Crippen LogP contribution >= 0.6 is 0 Å². The van der Waals surface area contributed by atoms with Crippen LogP contribution in [0.2, 0.25) is 0 Å². The molecule has 20 heavy (non-hydrogen) atoms. The second kappa shape index (κ2) is 6.91. The van der Waals surface area contributed by atoms with Gasteiger partial charge in [-0.25, -0.2) is 0 Å². The van der Waals surface area contributed by atoms with Gasteiger partial charge in [0.1, 0.15) is 0 Å². The van der Waals surface area contributed by atoms with Crippen molar-refractivity contribution in [3.63, 3.8) is 0 Å². The highest BCUT2D eigenvalue weighted by molar-refractivity contribution is 5.59. The smallest absolute Gasteiger partial charge is 0.0227 e. The molecule has 0 aliphatic rings. The van der Waals surface area contributed by atoms with Gasteiger partial charge < -0.3 is 0 Å². The summed E-state index contributed by atoms with van der Waals surface area (Å²) in [6.45, 7) is 6.46. The zero-order chi connectivity index (χ0) is 14.4. The summed E-state index contributed by atoms with van der Waals surface area (Å²) < 4.78 is 0. The van der Waals surface area contributed by atoms with E-state index in [9.17, 15) is 0 Å². The van der Waals surface area contributed by atoms with Crippen molar-refractivity contribution in [2.24, 2.45) is 0 Å². The standard InChI is InChI=1S/C20H22/c1-4-18-10-12-19(13-11-18)7-5-6-8-20-14-9-16(2)15-17(20)3/h5-15H,4H2,1-3H3. The van der Waals surface area contributed by atoms with E-state index in [0.717, 1.165) is 6.42 Å². The average molecular weight is 262 g/mol. The Morgan fingerprint density at radius 1 is 0.850 bits per heavy atom. The van der Waals surface area contributed by atoms with Crippen LogP contribution in [0.3, 0.4) is 0 Å². The Kier molecular flexibility index (Phi) is 4.95. The minimum absolute atomic E-state index is 1.09. The summed E-state index contributed by atoms with van der Waals surface area (Å²) in [6, 6.07) is 15.2. The first-order valence-corrected chi connectivity index (χ1v) is 7.20. The largest absolute Gasteiger partial charge is 0.0617 e. The Morgan fingerprint density at radius 2 is 1.55 bits per heavy atom. The Bertz CT molecular complexity index is 613. The van der Waals surface area contributed by atoms with Crippen LogP contribution in [0, 0.1) is 13.8 Å². The molecule has 0 unspecified atom stereocenters. The van der Waals surface area contributed by atoms with Gasteiger partial charge in [-0.1, -0.05) is 79.3 Å². The highest BCUT2D eigenvalue weighted by Gasteiger charge is 1.93. The summed E-state index contributed by atoms with van der Waals surface area (Å²) in [4.78, 5) is 0. The number of rotatable bonds is 4. The molecule has 0 saturated carbocycles. The lowest BCUT2D eigenvalue weighted by Gasteiger charge is -2.00. The molecule has 0 bridgehead atoms. The molecule has 0 heteroatoms. The Hall–Kier alpha value is -2.08. The summed E-state index contributed by atoms with van der Waals surface area (Å²) in [6.07, 6.45) is 9.59. The normalized spacial score (nSPS) is 11.6. The molecule has 2 aromatic carbocycles. The van der Waals surface area contributed by atoms with Gasteiger partial charge in [0, 0.05) is 0 Å². The van der Waals surface area contributed by atoms with Gasteiger partial charge in [-0.15, -0.1) is 0 Å². The topological polar surface area (TPSA) is 0 Å². The minimum Gasteiger partial charge on any atom is -0.0617 e. The molecule has 0 nitrogen and oxygen atoms in total. The number of hydrogen-bond donors (Lipinski definition) is 0. The van der Waals surface area contributed by atoms with Crippen molar-refractivity contribution in [3.05, 3.63) is 82.4 Å². The highest BCUT2D eigenvalue weighted by Crippen LogP contribution is 2.12. The van der Waals surface area contributed by atoms with E-state index in [4.69, 9.17) is 0 Å². The molecule has 0 aliphatic heterocycles.